The Morgan fingerprint density at radius 3 is 1.74 bits per heavy atom. The summed E-state index contributed by atoms with van der Waals surface area (Å²) in [5, 5.41) is 3.16. The molecule has 0 spiro atoms. The Bertz CT molecular complexity index is 528. The monoisotopic (exact) mass is 318 g/mol. The molecule has 1 amide bonds. The number of carbonyl (C=O) groups is 1. The molecule has 0 saturated heterocycles. The van der Waals surface area contributed by atoms with Gasteiger partial charge in [0, 0.05) is 33.3 Å². The number of pyridine rings is 1. The van der Waals surface area contributed by atoms with E-state index in [1.807, 2.05) is 12.1 Å². The predicted molar refractivity (Wildman–Crippen MR) is 98.1 cm³/mol. The van der Waals surface area contributed by atoms with E-state index < -0.39 is 0 Å². The first-order valence-electron chi connectivity index (χ1n) is 8.62. The van der Waals surface area contributed by atoms with Crippen molar-refractivity contribution in [3.8, 4) is 0 Å². The molecule has 0 aromatic carbocycles. The normalized spacial score (nSPS) is 13.1. The zero-order valence-electron chi connectivity index (χ0n) is 16.4. The van der Waals surface area contributed by atoms with Crippen LogP contribution in [0.25, 0.3) is 0 Å². The van der Waals surface area contributed by atoms with Crippen molar-refractivity contribution in [2.75, 3.05) is 0 Å². The lowest BCUT2D eigenvalue weighted by atomic mass is 9.86. The highest BCUT2D eigenvalue weighted by molar-refractivity contribution is 5.95. The molecule has 0 aliphatic rings. The molecule has 0 aliphatic carbocycles. The van der Waals surface area contributed by atoms with Crippen LogP contribution in [0.1, 0.15) is 96.9 Å². The van der Waals surface area contributed by atoms with Gasteiger partial charge < -0.3 is 5.32 Å². The van der Waals surface area contributed by atoms with Crippen LogP contribution in [0.2, 0.25) is 0 Å². The minimum absolute atomic E-state index is 0.0122. The van der Waals surface area contributed by atoms with Gasteiger partial charge in [0.05, 0.1) is 0 Å². The molecule has 1 heterocycles. The smallest absolute Gasteiger partial charge is 0.251 e. The molecule has 1 N–H and O–H groups in total. The van der Waals surface area contributed by atoms with Crippen molar-refractivity contribution in [2.45, 2.75) is 91.5 Å². The highest BCUT2D eigenvalue weighted by atomic mass is 16.1. The summed E-state index contributed by atoms with van der Waals surface area (Å²) in [6, 6.07) is 3.87. The van der Waals surface area contributed by atoms with Gasteiger partial charge in [-0.05, 0) is 32.4 Å². The number of aromatic nitrogens is 1. The second-order valence-electron chi connectivity index (χ2n) is 9.21. The van der Waals surface area contributed by atoms with Crippen LogP contribution in [0.3, 0.4) is 0 Å². The lowest BCUT2D eigenvalue weighted by Crippen LogP contribution is -2.43. The lowest BCUT2D eigenvalue weighted by Gasteiger charge is -2.28. The summed E-state index contributed by atoms with van der Waals surface area (Å²) in [4.78, 5) is 17.6. The van der Waals surface area contributed by atoms with E-state index in [-0.39, 0.29) is 22.3 Å². The molecule has 0 radical (unpaired) electrons. The fourth-order valence-electron chi connectivity index (χ4n) is 2.50. The summed E-state index contributed by atoms with van der Waals surface area (Å²) >= 11 is 0. The van der Waals surface area contributed by atoms with Crippen LogP contribution >= 0.6 is 0 Å². The third kappa shape index (κ3) is 5.63. The number of nitrogens with one attached hydrogen (secondary N) is 1. The molecule has 3 heteroatoms. The van der Waals surface area contributed by atoms with E-state index in [9.17, 15) is 4.79 Å². The summed E-state index contributed by atoms with van der Waals surface area (Å²) in [6.45, 7) is 19.1. The van der Waals surface area contributed by atoms with E-state index in [2.05, 4.69) is 67.6 Å². The van der Waals surface area contributed by atoms with Gasteiger partial charge in [0.1, 0.15) is 0 Å². The minimum Gasteiger partial charge on any atom is -0.347 e. The van der Waals surface area contributed by atoms with Gasteiger partial charge >= 0.3 is 0 Å². The Hall–Kier alpha value is -1.38. The molecular weight excluding hydrogens is 284 g/mol. The molecule has 3 nitrogen and oxygen atoms in total. The Morgan fingerprint density at radius 1 is 0.957 bits per heavy atom. The van der Waals surface area contributed by atoms with Gasteiger partial charge in [0.15, 0.2) is 0 Å². The van der Waals surface area contributed by atoms with Crippen molar-refractivity contribution in [1.82, 2.24) is 10.3 Å². The summed E-state index contributed by atoms with van der Waals surface area (Å²) in [7, 11) is 0. The van der Waals surface area contributed by atoms with Gasteiger partial charge in [-0.3, -0.25) is 9.78 Å². The Balaban J connectivity index is 3.27. The van der Waals surface area contributed by atoms with E-state index >= 15 is 0 Å². The van der Waals surface area contributed by atoms with Gasteiger partial charge in [-0.25, -0.2) is 0 Å². The van der Waals surface area contributed by atoms with Crippen molar-refractivity contribution in [2.24, 2.45) is 0 Å². The molecule has 1 aromatic heterocycles. The molecule has 0 saturated carbocycles. The SMILES string of the molecule is CCCC(C)(C)NC(=O)c1cc(C(C)(C)C)nc(C(C)(C)C)c1. The highest BCUT2D eigenvalue weighted by Gasteiger charge is 2.26. The standard InChI is InChI=1S/C20H34N2O/c1-10-11-20(8,9)22-17(23)14-12-15(18(2,3)4)21-16(13-14)19(5,6)7/h12-13H,10-11H2,1-9H3,(H,22,23). The van der Waals surface area contributed by atoms with Crippen molar-refractivity contribution in [3.05, 3.63) is 29.1 Å². The topological polar surface area (TPSA) is 42.0 Å². The summed E-state index contributed by atoms with van der Waals surface area (Å²) in [5.41, 5.74) is 2.26. The molecular formula is C20H34N2O. The average molecular weight is 319 g/mol. The van der Waals surface area contributed by atoms with E-state index in [1.54, 1.807) is 0 Å². The fraction of sp³-hybridized carbons (Fsp3) is 0.700. The van der Waals surface area contributed by atoms with Gasteiger partial charge in [-0.1, -0.05) is 54.9 Å². The minimum atomic E-state index is -0.196. The van der Waals surface area contributed by atoms with Crippen LogP contribution in [0.15, 0.2) is 12.1 Å². The second kappa shape index (κ2) is 6.62. The second-order valence-corrected chi connectivity index (χ2v) is 9.21. The number of hydrogen-bond acceptors (Lipinski definition) is 2. The van der Waals surface area contributed by atoms with Gasteiger partial charge in [-0.2, -0.15) is 0 Å². The highest BCUT2D eigenvalue weighted by Crippen LogP contribution is 2.27. The zero-order valence-corrected chi connectivity index (χ0v) is 16.4. The van der Waals surface area contributed by atoms with Gasteiger partial charge in [0.25, 0.3) is 5.91 Å². The van der Waals surface area contributed by atoms with E-state index in [1.165, 1.54) is 0 Å². The van der Waals surface area contributed by atoms with Crippen LogP contribution in [-0.2, 0) is 10.8 Å². The van der Waals surface area contributed by atoms with Crippen LogP contribution in [0.4, 0.5) is 0 Å². The molecule has 0 fully saturated rings. The van der Waals surface area contributed by atoms with Crippen molar-refractivity contribution < 1.29 is 4.79 Å². The molecule has 0 atom stereocenters. The van der Waals surface area contributed by atoms with Crippen LogP contribution in [0, 0.1) is 0 Å². The molecule has 0 aliphatic heterocycles. The molecule has 130 valence electrons. The molecule has 23 heavy (non-hydrogen) atoms. The number of carbonyl (C=O) groups excluding carboxylic acids is 1. The summed E-state index contributed by atoms with van der Waals surface area (Å²) in [6.07, 6.45) is 2.01. The lowest BCUT2D eigenvalue weighted by molar-refractivity contribution is 0.0908. The van der Waals surface area contributed by atoms with Gasteiger partial charge in [-0.15, -0.1) is 0 Å². The van der Waals surface area contributed by atoms with Crippen LogP contribution < -0.4 is 5.32 Å². The quantitative estimate of drug-likeness (QED) is 0.850. The summed E-state index contributed by atoms with van der Waals surface area (Å²) in [5.74, 6) is -0.0122. The number of hydrogen-bond donors (Lipinski definition) is 1. The molecule has 1 rings (SSSR count). The van der Waals surface area contributed by atoms with Crippen molar-refractivity contribution in [3.63, 3.8) is 0 Å². The Kier molecular flexibility index (Phi) is 5.66. The zero-order chi connectivity index (χ0) is 18.1. The predicted octanol–water partition coefficient (Wildman–Crippen LogP) is 4.99. The molecule has 0 bridgehead atoms. The van der Waals surface area contributed by atoms with E-state index in [0.29, 0.717) is 5.56 Å². The van der Waals surface area contributed by atoms with Crippen molar-refractivity contribution in [1.29, 1.82) is 0 Å². The fourth-order valence-corrected chi connectivity index (χ4v) is 2.50. The van der Waals surface area contributed by atoms with Crippen LogP contribution in [-0.4, -0.2) is 16.4 Å². The first-order chi connectivity index (χ1) is 10.3. The number of amides is 1. The summed E-state index contributed by atoms with van der Waals surface area (Å²) < 4.78 is 0. The maximum Gasteiger partial charge on any atom is 0.251 e. The maximum absolute atomic E-state index is 12.8. The van der Waals surface area contributed by atoms with E-state index in [4.69, 9.17) is 4.98 Å². The molecule has 1 aromatic rings. The van der Waals surface area contributed by atoms with Crippen molar-refractivity contribution >= 4 is 5.91 Å². The van der Waals surface area contributed by atoms with E-state index in [0.717, 1.165) is 24.2 Å². The third-order valence-corrected chi connectivity index (χ3v) is 3.95. The largest absolute Gasteiger partial charge is 0.347 e. The third-order valence-electron chi connectivity index (χ3n) is 3.95. The first kappa shape index (κ1) is 19.7. The number of rotatable bonds is 4. The Morgan fingerprint density at radius 2 is 1.39 bits per heavy atom. The maximum atomic E-state index is 12.8. The van der Waals surface area contributed by atoms with Crippen LogP contribution in [0.5, 0.6) is 0 Å². The Labute approximate surface area is 142 Å². The number of nitrogens with zero attached hydrogens (tertiary/aromatic N) is 1. The van der Waals surface area contributed by atoms with Gasteiger partial charge in [0.2, 0.25) is 0 Å². The first-order valence-corrected chi connectivity index (χ1v) is 8.62. The average Bonchev–Trinajstić information content (AvgIpc) is 2.35. The molecule has 0 unspecified atom stereocenters.